The summed E-state index contributed by atoms with van der Waals surface area (Å²) >= 11 is 0. The molecule has 1 aromatic heterocycles. The third-order valence-electron chi connectivity index (χ3n) is 1.19. The zero-order valence-electron chi connectivity index (χ0n) is 6.21. The van der Waals surface area contributed by atoms with E-state index in [-0.39, 0.29) is 6.54 Å². The van der Waals surface area contributed by atoms with E-state index < -0.39 is 7.75 Å². The third kappa shape index (κ3) is 3.59. The predicted molar refractivity (Wildman–Crippen MR) is 43.1 cm³/mol. The number of hydrogen-bond donors (Lipinski definition) is 3. The Labute approximate surface area is 69.7 Å². The fourth-order valence-corrected chi connectivity index (χ4v) is 1.05. The molecule has 0 aromatic carbocycles. The number of hydrogen-bond acceptors (Lipinski definition) is 2. The third-order valence-corrected chi connectivity index (χ3v) is 1.76. The summed E-state index contributed by atoms with van der Waals surface area (Å²) in [5.41, 5.74) is 0.598. The summed E-state index contributed by atoms with van der Waals surface area (Å²) in [7, 11) is -4.12. The van der Waals surface area contributed by atoms with Crippen molar-refractivity contribution < 1.29 is 14.4 Å². The summed E-state index contributed by atoms with van der Waals surface area (Å²) in [6.07, 6.45) is 1.57. The Bertz CT molecular complexity index is 284. The minimum absolute atomic E-state index is 0.0745. The van der Waals surface area contributed by atoms with Crippen LogP contribution in [0.2, 0.25) is 0 Å². The van der Waals surface area contributed by atoms with Crippen LogP contribution < -0.4 is 5.09 Å². The van der Waals surface area contributed by atoms with Gasteiger partial charge in [-0.3, -0.25) is 4.98 Å². The number of rotatable bonds is 3. The van der Waals surface area contributed by atoms with E-state index in [1.165, 1.54) is 0 Å². The maximum Gasteiger partial charge on any atom is 0.400 e. The molecule has 0 spiro atoms. The van der Waals surface area contributed by atoms with Crippen molar-refractivity contribution in [2.75, 3.05) is 0 Å². The minimum atomic E-state index is -4.12. The summed E-state index contributed by atoms with van der Waals surface area (Å²) in [6, 6.07) is 5.17. The maximum atomic E-state index is 10.4. The maximum absolute atomic E-state index is 10.4. The largest absolute Gasteiger partial charge is 0.400 e. The van der Waals surface area contributed by atoms with Crippen molar-refractivity contribution in [3.05, 3.63) is 30.1 Å². The molecule has 5 nitrogen and oxygen atoms in total. The van der Waals surface area contributed by atoms with Crippen LogP contribution in [0.3, 0.4) is 0 Å². The molecule has 0 fully saturated rings. The van der Waals surface area contributed by atoms with Crippen molar-refractivity contribution in [2.45, 2.75) is 6.54 Å². The second-order valence-electron chi connectivity index (χ2n) is 2.20. The van der Waals surface area contributed by atoms with Crippen molar-refractivity contribution in [3.63, 3.8) is 0 Å². The van der Waals surface area contributed by atoms with E-state index in [9.17, 15) is 4.57 Å². The molecule has 0 aliphatic carbocycles. The first-order chi connectivity index (χ1) is 5.58. The Balaban J connectivity index is 2.50. The highest BCUT2D eigenvalue weighted by atomic mass is 31.2. The van der Waals surface area contributed by atoms with Crippen molar-refractivity contribution in [1.29, 1.82) is 0 Å². The molecule has 1 aromatic rings. The van der Waals surface area contributed by atoms with E-state index in [1.807, 2.05) is 5.09 Å². The molecule has 1 rings (SSSR count). The van der Waals surface area contributed by atoms with Crippen LogP contribution in [0.1, 0.15) is 5.69 Å². The lowest BCUT2D eigenvalue weighted by molar-refractivity contribution is 0.356. The Hall–Kier alpha value is -0.740. The standard InChI is InChI=1S/C6H9N2O3P/c9-12(10,11)8-5-6-3-1-2-4-7-6/h1-4H,5H2,(H3,8,9,10,11). The first-order valence-electron chi connectivity index (χ1n) is 3.28. The van der Waals surface area contributed by atoms with Crippen LogP contribution in [-0.4, -0.2) is 14.8 Å². The zero-order valence-corrected chi connectivity index (χ0v) is 7.11. The Morgan fingerprint density at radius 2 is 2.25 bits per heavy atom. The van der Waals surface area contributed by atoms with E-state index >= 15 is 0 Å². The van der Waals surface area contributed by atoms with Gasteiger partial charge in [0, 0.05) is 12.7 Å². The van der Waals surface area contributed by atoms with Gasteiger partial charge in [-0.1, -0.05) is 6.07 Å². The number of nitrogens with zero attached hydrogens (tertiary/aromatic N) is 1. The lowest BCUT2D eigenvalue weighted by atomic mass is 10.4. The van der Waals surface area contributed by atoms with Crippen LogP contribution in [0, 0.1) is 0 Å². The van der Waals surface area contributed by atoms with Crippen LogP contribution >= 0.6 is 7.75 Å². The van der Waals surface area contributed by atoms with E-state index in [0.717, 1.165) is 0 Å². The topological polar surface area (TPSA) is 82.5 Å². The molecule has 1 heterocycles. The molecule has 0 aliphatic rings. The van der Waals surface area contributed by atoms with Gasteiger partial charge in [0.05, 0.1) is 5.69 Å². The van der Waals surface area contributed by atoms with Gasteiger partial charge in [-0.15, -0.1) is 0 Å². The Morgan fingerprint density at radius 1 is 1.50 bits per heavy atom. The molecule has 3 N–H and O–H groups in total. The zero-order chi connectivity index (χ0) is 9.03. The normalized spacial score (nSPS) is 11.5. The van der Waals surface area contributed by atoms with Crippen molar-refractivity contribution in [2.24, 2.45) is 0 Å². The molecule has 66 valence electrons. The molecular formula is C6H9N2O3P. The second-order valence-corrected chi connectivity index (χ2v) is 3.60. The number of aromatic nitrogens is 1. The summed E-state index contributed by atoms with van der Waals surface area (Å²) in [6.45, 7) is 0.0745. The first kappa shape index (κ1) is 9.35. The summed E-state index contributed by atoms with van der Waals surface area (Å²) < 4.78 is 10.4. The molecule has 0 bridgehead atoms. The number of pyridine rings is 1. The van der Waals surface area contributed by atoms with Gasteiger partial charge >= 0.3 is 7.75 Å². The molecule has 0 saturated carbocycles. The monoisotopic (exact) mass is 188 g/mol. The minimum Gasteiger partial charge on any atom is -0.313 e. The van der Waals surface area contributed by atoms with Crippen molar-refractivity contribution >= 4 is 7.75 Å². The average molecular weight is 188 g/mol. The van der Waals surface area contributed by atoms with Gasteiger partial charge in [-0.05, 0) is 12.1 Å². The van der Waals surface area contributed by atoms with Gasteiger partial charge in [0.2, 0.25) is 0 Å². The van der Waals surface area contributed by atoms with Gasteiger partial charge in [0.25, 0.3) is 0 Å². The molecule has 0 atom stereocenters. The highest BCUT2D eigenvalue weighted by Gasteiger charge is 2.10. The van der Waals surface area contributed by atoms with E-state index in [4.69, 9.17) is 9.79 Å². The lowest BCUT2D eigenvalue weighted by Crippen LogP contribution is -2.09. The fraction of sp³-hybridized carbons (Fsp3) is 0.167. The molecule has 0 radical (unpaired) electrons. The molecule has 0 amide bonds. The number of nitrogens with one attached hydrogen (secondary N) is 1. The highest BCUT2D eigenvalue weighted by Crippen LogP contribution is 2.28. The van der Waals surface area contributed by atoms with E-state index in [2.05, 4.69) is 4.98 Å². The molecule has 0 aliphatic heterocycles. The van der Waals surface area contributed by atoms with Crippen molar-refractivity contribution in [3.8, 4) is 0 Å². The van der Waals surface area contributed by atoms with Crippen LogP contribution in [0.4, 0.5) is 0 Å². The SMILES string of the molecule is O=P(O)(O)NCc1ccccn1. The van der Waals surface area contributed by atoms with E-state index in [0.29, 0.717) is 5.69 Å². The Morgan fingerprint density at radius 3 is 2.75 bits per heavy atom. The van der Waals surface area contributed by atoms with Crippen LogP contribution in [0.25, 0.3) is 0 Å². The molecule has 0 unspecified atom stereocenters. The highest BCUT2D eigenvalue weighted by molar-refractivity contribution is 7.49. The van der Waals surface area contributed by atoms with Crippen LogP contribution in [0.5, 0.6) is 0 Å². The predicted octanol–water partition coefficient (Wildman–Crippen LogP) is 0.264. The molecule has 6 heteroatoms. The van der Waals surface area contributed by atoms with Gasteiger partial charge in [-0.25, -0.2) is 9.65 Å². The van der Waals surface area contributed by atoms with Crippen LogP contribution in [-0.2, 0) is 11.1 Å². The molecular weight excluding hydrogens is 179 g/mol. The second kappa shape index (κ2) is 3.78. The van der Waals surface area contributed by atoms with Crippen LogP contribution in [0.15, 0.2) is 24.4 Å². The van der Waals surface area contributed by atoms with Crippen molar-refractivity contribution in [1.82, 2.24) is 10.1 Å². The summed E-state index contributed by atoms with van der Waals surface area (Å²) in [4.78, 5) is 20.8. The van der Waals surface area contributed by atoms with Gasteiger partial charge in [0.1, 0.15) is 0 Å². The van der Waals surface area contributed by atoms with Gasteiger partial charge in [-0.2, -0.15) is 0 Å². The first-order valence-corrected chi connectivity index (χ1v) is 4.90. The fourth-order valence-electron chi connectivity index (χ4n) is 0.687. The Kier molecular flexibility index (Phi) is 2.94. The summed E-state index contributed by atoms with van der Waals surface area (Å²) in [5.74, 6) is 0. The molecule has 12 heavy (non-hydrogen) atoms. The molecule has 0 saturated heterocycles. The lowest BCUT2D eigenvalue weighted by Gasteiger charge is -2.04. The average Bonchev–Trinajstić information content (AvgIpc) is 2.02. The summed E-state index contributed by atoms with van der Waals surface area (Å²) in [5, 5.41) is 2.04. The van der Waals surface area contributed by atoms with Gasteiger partial charge < -0.3 is 9.79 Å². The van der Waals surface area contributed by atoms with Gasteiger partial charge in [0.15, 0.2) is 0 Å². The smallest absolute Gasteiger partial charge is 0.313 e. The quantitative estimate of drug-likeness (QED) is 0.593. The van der Waals surface area contributed by atoms with E-state index in [1.54, 1.807) is 24.4 Å².